The number of alkyl halides is 1. The summed E-state index contributed by atoms with van der Waals surface area (Å²) in [6, 6.07) is 5.15. The van der Waals surface area contributed by atoms with Crippen LogP contribution >= 0.6 is 27.1 Å². The number of aromatic hydroxyl groups is 1. The maximum atomic E-state index is 12.6. The Labute approximate surface area is 204 Å². The average molecular weight is 538 g/mol. The minimum atomic E-state index is -1.81. The van der Waals surface area contributed by atoms with Gasteiger partial charge in [-0.05, 0) is 35.6 Å². The second-order valence-electron chi connectivity index (χ2n) is 8.11. The number of carbonyl (C=O) groups is 1. The minimum absolute atomic E-state index is 0.177. The number of hydrogen-bond donors (Lipinski definition) is 3. The van der Waals surface area contributed by atoms with Crippen molar-refractivity contribution >= 4 is 50.3 Å². The molecule has 0 radical (unpaired) electrons. The molecule has 2 aromatic heterocycles. The number of amides is 1. The summed E-state index contributed by atoms with van der Waals surface area (Å²) in [5, 5.41) is 17.5. The number of anilines is 3. The van der Waals surface area contributed by atoms with E-state index in [0.717, 1.165) is 11.3 Å². The van der Waals surface area contributed by atoms with Crippen LogP contribution in [0.15, 0.2) is 28.9 Å². The summed E-state index contributed by atoms with van der Waals surface area (Å²) in [6.45, 7) is 6.17. The number of halogens is 1. The number of benzene rings is 1. The van der Waals surface area contributed by atoms with Gasteiger partial charge >= 0.3 is 0 Å². The molecule has 3 aromatic rings. The highest BCUT2D eigenvalue weighted by Crippen LogP contribution is 2.37. The molecule has 0 saturated carbocycles. The minimum Gasteiger partial charge on any atom is -0.546 e. The molecule has 0 saturated heterocycles. The molecule has 1 aromatic carbocycles. The van der Waals surface area contributed by atoms with Gasteiger partial charge in [-0.3, -0.25) is 4.79 Å². The maximum Gasteiger partial charge on any atom is 0.257 e. The Bertz CT molecular complexity index is 1130. The Kier molecular flexibility index (Phi) is 7.98. The highest BCUT2D eigenvalue weighted by molar-refractivity contribution is 9.08. The lowest BCUT2D eigenvalue weighted by Crippen LogP contribution is -2.23. The monoisotopic (exact) mass is 537 g/mol. The predicted molar refractivity (Wildman–Crippen MR) is 132 cm³/mol. The van der Waals surface area contributed by atoms with Crippen molar-refractivity contribution in [3.8, 4) is 5.75 Å². The summed E-state index contributed by atoms with van der Waals surface area (Å²) in [5.74, 6) is 1.01. The van der Waals surface area contributed by atoms with Crippen LogP contribution in [-0.4, -0.2) is 43.3 Å². The Morgan fingerprint density at radius 1 is 1.30 bits per heavy atom. The van der Waals surface area contributed by atoms with Gasteiger partial charge in [-0.15, -0.1) is 0 Å². The first-order valence-corrected chi connectivity index (χ1v) is 12.7. The number of phenolic OH excluding ortho intramolecular Hbond substituents is 1. The van der Waals surface area contributed by atoms with E-state index >= 15 is 0 Å². The first-order valence-electron chi connectivity index (χ1n) is 10.5. The molecule has 3 rings (SSSR count). The van der Waals surface area contributed by atoms with Crippen LogP contribution in [0.4, 0.5) is 17.3 Å². The number of carbonyl (C=O) groups excluding carboxylic acids is 1. The van der Waals surface area contributed by atoms with Crippen LogP contribution in [0.3, 0.4) is 0 Å². The number of phenols is 1. The van der Waals surface area contributed by atoms with E-state index in [1.165, 1.54) is 4.90 Å². The van der Waals surface area contributed by atoms with Gasteiger partial charge in [-0.25, -0.2) is 0 Å². The Morgan fingerprint density at radius 3 is 2.58 bits per heavy atom. The van der Waals surface area contributed by atoms with E-state index in [1.54, 1.807) is 32.5 Å². The summed E-state index contributed by atoms with van der Waals surface area (Å²) in [6.07, 6.45) is 2.43. The molecule has 9 nitrogen and oxygen atoms in total. The summed E-state index contributed by atoms with van der Waals surface area (Å²) in [5.41, 5.74) is 2.16. The molecule has 0 spiro atoms. The molecular formula is C22H28BrN5O4S. The van der Waals surface area contributed by atoms with Gasteiger partial charge in [-0.2, -0.15) is 0 Å². The molecule has 3 N–H and O–H groups in total. The van der Waals surface area contributed by atoms with Crippen molar-refractivity contribution in [3.63, 3.8) is 0 Å². The number of furan rings is 1. The van der Waals surface area contributed by atoms with Gasteiger partial charge in [0, 0.05) is 28.2 Å². The molecule has 0 bridgehead atoms. The van der Waals surface area contributed by atoms with Crippen molar-refractivity contribution < 1.29 is 18.9 Å². The lowest BCUT2D eigenvalue weighted by Gasteiger charge is -2.17. The fourth-order valence-corrected chi connectivity index (χ4v) is 4.36. The van der Waals surface area contributed by atoms with E-state index in [1.807, 2.05) is 13.0 Å². The molecule has 1 amide bonds. The third-order valence-electron chi connectivity index (χ3n) is 5.21. The largest absolute Gasteiger partial charge is 0.546 e. The summed E-state index contributed by atoms with van der Waals surface area (Å²) in [7, 11) is 3.23. The van der Waals surface area contributed by atoms with Crippen LogP contribution in [0.5, 0.6) is 5.75 Å². The van der Waals surface area contributed by atoms with E-state index in [9.17, 15) is 14.5 Å². The SMILES string of the molecule is CC[C@@H](Nc1n[s+]([O-])nc1Nc1ccc(CBr)c(C(=O)N(C)C)c1O)c1cc(C(C)C)co1. The number of hydrogen-bond acceptors (Lipinski definition) is 8. The Balaban J connectivity index is 1.92. The summed E-state index contributed by atoms with van der Waals surface area (Å²) >= 11 is 1.54. The fourth-order valence-electron chi connectivity index (χ4n) is 3.27. The summed E-state index contributed by atoms with van der Waals surface area (Å²) < 4.78 is 26.0. The van der Waals surface area contributed by atoms with Crippen LogP contribution in [0.2, 0.25) is 0 Å². The molecule has 0 aliphatic carbocycles. The third kappa shape index (κ3) is 5.48. The molecule has 2 atom stereocenters. The van der Waals surface area contributed by atoms with Crippen molar-refractivity contribution in [2.75, 3.05) is 24.7 Å². The first kappa shape index (κ1) is 25.0. The number of aromatic nitrogens is 2. The molecule has 178 valence electrons. The third-order valence-corrected chi connectivity index (χ3v) is 6.50. The van der Waals surface area contributed by atoms with Crippen LogP contribution in [0.25, 0.3) is 0 Å². The van der Waals surface area contributed by atoms with E-state index in [2.05, 4.69) is 49.2 Å². The fraction of sp³-hybridized carbons (Fsp3) is 0.409. The van der Waals surface area contributed by atoms with E-state index in [4.69, 9.17) is 4.42 Å². The van der Waals surface area contributed by atoms with Crippen LogP contribution < -0.4 is 10.6 Å². The quantitative estimate of drug-likeness (QED) is 0.184. The molecule has 2 heterocycles. The lowest BCUT2D eigenvalue weighted by atomic mass is 10.0. The van der Waals surface area contributed by atoms with Crippen molar-refractivity contribution in [1.82, 2.24) is 13.6 Å². The maximum absolute atomic E-state index is 12.6. The molecule has 0 fully saturated rings. The zero-order valence-corrected chi connectivity index (χ0v) is 21.6. The molecule has 0 aliphatic heterocycles. The van der Waals surface area contributed by atoms with E-state index in [0.29, 0.717) is 23.2 Å². The highest BCUT2D eigenvalue weighted by atomic mass is 79.9. The molecular weight excluding hydrogens is 510 g/mol. The van der Waals surface area contributed by atoms with Crippen molar-refractivity contribution in [2.24, 2.45) is 0 Å². The van der Waals surface area contributed by atoms with E-state index < -0.39 is 11.1 Å². The van der Waals surface area contributed by atoms with Crippen molar-refractivity contribution in [2.45, 2.75) is 44.5 Å². The van der Waals surface area contributed by atoms with Gasteiger partial charge in [-0.1, -0.05) is 42.8 Å². The van der Waals surface area contributed by atoms with Crippen LogP contribution in [-0.2, 0) is 5.33 Å². The number of nitrogens with one attached hydrogen (secondary N) is 2. The Hall–Kier alpha value is -2.63. The molecule has 11 heteroatoms. The van der Waals surface area contributed by atoms with Gasteiger partial charge in [0.15, 0.2) is 16.9 Å². The topological polar surface area (TPSA) is 127 Å². The van der Waals surface area contributed by atoms with E-state index in [-0.39, 0.29) is 40.6 Å². The van der Waals surface area contributed by atoms with Crippen LogP contribution in [0.1, 0.15) is 66.4 Å². The van der Waals surface area contributed by atoms with Gasteiger partial charge in [0.2, 0.25) is 11.6 Å². The smallest absolute Gasteiger partial charge is 0.257 e. The normalized spacial score (nSPS) is 12.7. The molecule has 33 heavy (non-hydrogen) atoms. The number of rotatable bonds is 9. The van der Waals surface area contributed by atoms with Crippen molar-refractivity contribution in [3.05, 3.63) is 46.9 Å². The van der Waals surface area contributed by atoms with Gasteiger partial charge in [0.05, 0.1) is 23.6 Å². The first-order chi connectivity index (χ1) is 15.7. The summed E-state index contributed by atoms with van der Waals surface area (Å²) in [4.78, 5) is 14.0. The zero-order chi connectivity index (χ0) is 24.3. The van der Waals surface area contributed by atoms with Crippen molar-refractivity contribution in [1.29, 1.82) is 0 Å². The van der Waals surface area contributed by atoms with Gasteiger partial charge in [0.1, 0.15) is 5.76 Å². The average Bonchev–Trinajstić information content (AvgIpc) is 3.39. The van der Waals surface area contributed by atoms with Gasteiger partial charge in [0.25, 0.3) is 5.91 Å². The van der Waals surface area contributed by atoms with Gasteiger partial charge < -0.3 is 29.6 Å². The highest BCUT2D eigenvalue weighted by Gasteiger charge is 2.25. The predicted octanol–water partition coefficient (Wildman–Crippen LogP) is 5.53. The lowest BCUT2D eigenvalue weighted by molar-refractivity contribution is 0.0824. The molecule has 1 unspecified atom stereocenters. The van der Waals surface area contributed by atoms with Crippen LogP contribution in [0, 0.1) is 0 Å². The standard InChI is InChI=1S/C22H28BrN5O4S/c1-6-15(17-9-14(11-32-17)12(2)3)24-20-21(27-33(31)26-20)25-16-8-7-13(10-23)18(19(16)29)22(30)28(4)5/h7-9,11-12,15,29H,6,10H2,1-5H3,(H,24,26)(H,25,27)/t15-,33?/m1/s1. The zero-order valence-electron chi connectivity index (χ0n) is 19.2. The number of nitrogens with zero attached hydrogens (tertiary/aromatic N) is 3. The second kappa shape index (κ2) is 10.5. The second-order valence-corrected chi connectivity index (χ2v) is 9.49. The molecule has 0 aliphatic rings. The Morgan fingerprint density at radius 2 is 2.00 bits per heavy atom.